The number of benzene rings is 2. The second-order valence-corrected chi connectivity index (χ2v) is 5.77. The van der Waals surface area contributed by atoms with Crippen LogP contribution in [0.25, 0.3) is 0 Å². The van der Waals surface area contributed by atoms with Crippen LogP contribution in [0.1, 0.15) is 19.4 Å². The first-order valence-corrected chi connectivity index (χ1v) is 7.35. The minimum absolute atomic E-state index is 0.285. The van der Waals surface area contributed by atoms with Crippen molar-refractivity contribution in [3.05, 3.63) is 58.9 Å². The van der Waals surface area contributed by atoms with Gasteiger partial charge in [-0.3, -0.25) is 0 Å². The lowest BCUT2D eigenvalue weighted by molar-refractivity contribution is 0.467. The standard InChI is InChI=1S/C17H19ClFNO/c1-12(2)10-20-11-13-3-4-14(18)9-17(13)21-16-7-5-15(19)6-8-16/h3-9,12,20H,10-11H2,1-2H3. The number of ether oxygens (including phenoxy) is 1. The SMILES string of the molecule is CC(C)CNCc1ccc(Cl)cc1Oc1ccc(F)cc1. The van der Waals surface area contributed by atoms with E-state index in [1.54, 1.807) is 18.2 Å². The van der Waals surface area contributed by atoms with E-state index in [4.69, 9.17) is 16.3 Å². The van der Waals surface area contributed by atoms with Crippen molar-refractivity contribution in [2.24, 2.45) is 5.92 Å². The molecule has 0 unspecified atom stereocenters. The van der Waals surface area contributed by atoms with Crippen LogP contribution in [0.4, 0.5) is 4.39 Å². The first-order chi connectivity index (χ1) is 10.0. The van der Waals surface area contributed by atoms with Crippen LogP contribution in [0.3, 0.4) is 0 Å². The summed E-state index contributed by atoms with van der Waals surface area (Å²) in [6.07, 6.45) is 0. The topological polar surface area (TPSA) is 21.3 Å². The molecule has 0 radical (unpaired) electrons. The van der Waals surface area contributed by atoms with Gasteiger partial charge in [-0.15, -0.1) is 0 Å². The molecule has 0 spiro atoms. The molecule has 0 atom stereocenters. The molecule has 0 aliphatic heterocycles. The van der Waals surface area contributed by atoms with Crippen LogP contribution < -0.4 is 10.1 Å². The van der Waals surface area contributed by atoms with Gasteiger partial charge in [0.15, 0.2) is 0 Å². The summed E-state index contributed by atoms with van der Waals surface area (Å²) < 4.78 is 18.7. The Kier molecular flexibility index (Phi) is 5.59. The number of halogens is 2. The third kappa shape index (κ3) is 5.03. The maximum atomic E-state index is 12.9. The Labute approximate surface area is 129 Å². The van der Waals surface area contributed by atoms with Crippen molar-refractivity contribution in [2.45, 2.75) is 20.4 Å². The molecule has 2 aromatic carbocycles. The first-order valence-electron chi connectivity index (χ1n) is 6.97. The minimum atomic E-state index is -0.285. The molecule has 2 nitrogen and oxygen atoms in total. The normalized spacial score (nSPS) is 10.9. The summed E-state index contributed by atoms with van der Waals surface area (Å²) in [6.45, 7) is 5.94. The van der Waals surface area contributed by atoms with Gasteiger partial charge in [0.25, 0.3) is 0 Å². The molecule has 0 heterocycles. The predicted molar refractivity (Wildman–Crippen MR) is 84.5 cm³/mol. The fourth-order valence-corrected chi connectivity index (χ4v) is 2.06. The maximum absolute atomic E-state index is 12.9. The van der Waals surface area contributed by atoms with Crippen molar-refractivity contribution < 1.29 is 9.13 Å². The zero-order chi connectivity index (χ0) is 15.2. The third-order valence-corrected chi connectivity index (χ3v) is 3.17. The lowest BCUT2D eigenvalue weighted by Gasteiger charge is -2.13. The lowest BCUT2D eigenvalue weighted by atomic mass is 10.1. The molecule has 112 valence electrons. The highest BCUT2D eigenvalue weighted by Gasteiger charge is 2.07. The van der Waals surface area contributed by atoms with Crippen LogP contribution in [0.5, 0.6) is 11.5 Å². The third-order valence-electron chi connectivity index (χ3n) is 2.94. The molecule has 2 rings (SSSR count). The summed E-state index contributed by atoms with van der Waals surface area (Å²) in [6, 6.07) is 11.5. The van der Waals surface area contributed by atoms with E-state index in [1.807, 2.05) is 12.1 Å². The van der Waals surface area contributed by atoms with Crippen LogP contribution in [0.2, 0.25) is 5.02 Å². The van der Waals surface area contributed by atoms with Gasteiger partial charge in [-0.05, 0) is 48.9 Å². The molecule has 0 bridgehead atoms. The van der Waals surface area contributed by atoms with Crippen LogP contribution in [0.15, 0.2) is 42.5 Å². The van der Waals surface area contributed by atoms with Gasteiger partial charge >= 0.3 is 0 Å². The molecule has 0 fully saturated rings. The number of nitrogens with one attached hydrogen (secondary N) is 1. The van der Waals surface area contributed by atoms with Crippen LogP contribution in [-0.2, 0) is 6.54 Å². The second kappa shape index (κ2) is 7.43. The largest absolute Gasteiger partial charge is 0.457 e. The molecule has 0 amide bonds. The number of rotatable bonds is 6. The molecular formula is C17H19ClFNO. The van der Waals surface area contributed by atoms with Crippen LogP contribution >= 0.6 is 11.6 Å². The van der Waals surface area contributed by atoms with Crippen molar-refractivity contribution >= 4 is 11.6 Å². The van der Waals surface area contributed by atoms with Crippen molar-refractivity contribution in [2.75, 3.05) is 6.54 Å². The summed E-state index contributed by atoms with van der Waals surface area (Å²) in [5, 5.41) is 3.98. The highest BCUT2D eigenvalue weighted by Crippen LogP contribution is 2.28. The van der Waals surface area contributed by atoms with E-state index in [0.29, 0.717) is 29.0 Å². The maximum Gasteiger partial charge on any atom is 0.133 e. The van der Waals surface area contributed by atoms with Crippen LogP contribution in [-0.4, -0.2) is 6.54 Å². The van der Waals surface area contributed by atoms with E-state index < -0.39 is 0 Å². The van der Waals surface area contributed by atoms with Crippen molar-refractivity contribution in [1.29, 1.82) is 0 Å². The molecule has 4 heteroatoms. The van der Waals surface area contributed by atoms with E-state index in [1.165, 1.54) is 12.1 Å². The van der Waals surface area contributed by atoms with Crippen molar-refractivity contribution in [3.63, 3.8) is 0 Å². The van der Waals surface area contributed by atoms with Crippen LogP contribution in [0, 0.1) is 11.7 Å². The summed E-state index contributed by atoms with van der Waals surface area (Å²) in [5.74, 6) is 1.57. The van der Waals surface area contributed by atoms with E-state index in [0.717, 1.165) is 12.1 Å². The summed E-state index contributed by atoms with van der Waals surface area (Å²) in [5.41, 5.74) is 1.02. The fraction of sp³-hybridized carbons (Fsp3) is 0.294. The Bertz CT molecular complexity index is 584. The molecule has 0 saturated carbocycles. The average Bonchev–Trinajstić information content (AvgIpc) is 2.43. The Morgan fingerprint density at radius 1 is 1.14 bits per heavy atom. The zero-order valence-corrected chi connectivity index (χ0v) is 13.0. The monoisotopic (exact) mass is 307 g/mol. The van der Waals surface area contributed by atoms with E-state index in [9.17, 15) is 4.39 Å². The Morgan fingerprint density at radius 3 is 2.52 bits per heavy atom. The first kappa shape index (κ1) is 15.8. The lowest BCUT2D eigenvalue weighted by Crippen LogP contribution is -2.19. The Morgan fingerprint density at radius 2 is 1.86 bits per heavy atom. The Balaban J connectivity index is 2.12. The zero-order valence-electron chi connectivity index (χ0n) is 12.2. The smallest absolute Gasteiger partial charge is 0.133 e. The van der Waals surface area contributed by atoms with Gasteiger partial charge in [0, 0.05) is 17.1 Å². The highest BCUT2D eigenvalue weighted by atomic mass is 35.5. The predicted octanol–water partition coefficient (Wildman–Crippen LogP) is 5.02. The Hall–Kier alpha value is -1.58. The molecule has 0 aliphatic rings. The van der Waals surface area contributed by atoms with E-state index in [2.05, 4.69) is 19.2 Å². The van der Waals surface area contributed by atoms with Gasteiger partial charge in [-0.1, -0.05) is 31.5 Å². The minimum Gasteiger partial charge on any atom is -0.457 e. The summed E-state index contributed by atoms with van der Waals surface area (Å²) >= 11 is 6.03. The van der Waals surface area contributed by atoms with E-state index in [-0.39, 0.29) is 5.82 Å². The number of hydrogen-bond acceptors (Lipinski definition) is 2. The van der Waals surface area contributed by atoms with Gasteiger partial charge in [0.1, 0.15) is 17.3 Å². The summed E-state index contributed by atoms with van der Waals surface area (Å²) in [7, 11) is 0. The molecular weight excluding hydrogens is 289 g/mol. The van der Waals surface area contributed by atoms with Crippen molar-refractivity contribution in [1.82, 2.24) is 5.32 Å². The van der Waals surface area contributed by atoms with Gasteiger partial charge in [0.2, 0.25) is 0 Å². The van der Waals surface area contributed by atoms with Gasteiger partial charge in [-0.2, -0.15) is 0 Å². The summed E-state index contributed by atoms with van der Waals surface area (Å²) in [4.78, 5) is 0. The molecule has 1 N–H and O–H groups in total. The molecule has 0 aliphatic carbocycles. The van der Waals surface area contributed by atoms with Gasteiger partial charge < -0.3 is 10.1 Å². The number of hydrogen-bond donors (Lipinski definition) is 1. The fourth-order valence-electron chi connectivity index (χ4n) is 1.89. The van der Waals surface area contributed by atoms with E-state index >= 15 is 0 Å². The van der Waals surface area contributed by atoms with Crippen molar-refractivity contribution in [3.8, 4) is 11.5 Å². The highest BCUT2D eigenvalue weighted by molar-refractivity contribution is 6.30. The molecule has 2 aromatic rings. The second-order valence-electron chi connectivity index (χ2n) is 5.33. The quantitative estimate of drug-likeness (QED) is 0.809. The molecule has 21 heavy (non-hydrogen) atoms. The van der Waals surface area contributed by atoms with Gasteiger partial charge in [0.05, 0.1) is 0 Å². The van der Waals surface area contributed by atoms with Gasteiger partial charge in [-0.25, -0.2) is 4.39 Å². The average molecular weight is 308 g/mol. The molecule has 0 saturated heterocycles. The molecule has 0 aromatic heterocycles.